The highest BCUT2D eigenvalue weighted by molar-refractivity contribution is 7.64. The van der Waals surface area contributed by atoms with E-state index in [1.807, 2.05) is 0 Å². The van der Waals surface area contributed by atoms with E-state index in [4.69, 9.17) is 6.07 Å². The average molecular weight is 350 g/mol. The van der Waals surface area contributed by atoms with Gasteiger partial charge in [0.1, 0.15) is 7.81 Å². The second-order valence-corrected chi connectivity index (χ2v) is 7.92. The van der Waals surface area contributed by atoms with Gasteiger partial charge in [0.25, 0.3) is 15.6 Å². The third-order valence-corrected chi connectivity index (χ3v) is 5.62. The Morgan fingerprint density at radius 1 is 1.15 bits per heavy atom. The van der Waals surface area contributed by atoms with Gasteiger partial charge in [-0.1, -0.05) is 0 Å². The van der Waals surface area contributed by atoms with Gasteiger partial charge in [0.15, 0.2) is 0 Å². The normalized spacial score (nSPS) is 30.3. The minimum Gasteiger partial charge on any atom is -0.790 e. The highest BCUT2D eigenvalue weighted by Gasteiger charge is 2.26. The minimum absolute atomic E-state index is 0.363. The number of hydrogen-bond donors (Lipinski definition) is 0. The first-order chi connectivity index (χ1) is 9.42. The lowest BCUT2D eigenvalue weighted by Gasteiger charge is -2.37. The van der Waals surface area contributed by atoms with E-state index < -0.39 is 42.2 Å². The zero-order valence-corrected chi connectivity index (χ0v) is 12.4. The van der Waals surface area contributed by atoms with Gasteiger partial charge in [-0.25, -0.2) is 4.31 Å². The van der Waals surface area contributed by atoms with E-state index in [1.54, 1.807) is 0 Å². The molecule has 4 atom stereocenters. The summed E-state index contributed by atoms with van der Waals surface area (Å²) in [6, 6.07) is -0.494. The number of ether oxygens (including phenoxy) is 1. The van der Waals surface area contributed by atoms with Crippen LogP contribution in [0.4, 0.5) is 0 Å². The zero-order chi connectivity index (χ0) is 16.3. The van der Waals surface area contributed by atoms with Gasteiger partial charge in [-0.15, -0.1) is 0 Å². The summed E-state index contributed by atoms with van der Waals surface area (Å²) in [7, 11) is -16.4. The molecule has 1 radical (unpaired) electrons. The van der Waals surface area contributed by atoms with Crippen LogP contribution < -0.4 is 19.6 Å². The lowest BCUT2D eigenvalue weighted by molar-refractivity contribution is -0.339. The smallest absolute Gasteiger partial charge is 0.278 e. The van der Waals surface area contributed by atoms with Crippen molar-refractivity contribution >= 4 is 31.3 Å². The monoisotopic (exact) mass is 350 g/mol. The number of rotatable bonds is 8. The molecule has 0 aromatic rings. The fraction of sp³-hybridized carbons (Fsp3) is 1.00. The van der Waals surface area contributed by atoms with Gasteiger partial charge in [0.2, 0.25) is 0 Å². The van der Waals surface area contributed by atoms with Gasteiger partial charge >= 0.3 is 0 Å². The van der Waals surface area contributed by atoms with Crippen LogP contribution in [0.1, 0.15) is 12.8 Å². The summed E-state index contributed by atoms with van der Waals surface area (Å²) in [6.07, 6.45) is 0.113. The van der Waals surface area contributed by atoms with Gasteiger partial charge in [0, 0.05) is 6.00 Å². The maximum Gasteiger partial charge on any atom is 0.278 e. The molecule has 1 saturated heterocycles. The van der Waals surface area contributed by atoms with Crippen molar-refractivity contribution in [3.63, 3.8) is 0 Å². The van der Waals surface area contributed by atoms with Crippen molar-refractivity contribution in [1.82, 2.24) is 0 Å². The lowest BCUT2D eigenvalue weighted by Crippen LogP contribution is -2.22. The van der Waals surface area contributed by atoms with Gasteiger partial charge < -0.3 is 33.4 Å². The zero-order valence-electron chi connectivity index (χ0n) is 10.7. The van der Waals surface area contributed by atoms with Crippen LogP contribution in [-0.2, 0) is 31.6 Å². The Kier molecular flexibility index (Phi) is 5.61. The Balaban J connectivity index is 2.48. The Labute approximate surface area is 116 Å². The van der Waals surface area contributed by atoms with Crippen LogP contribution >= 0.6 is 23.5 Å². The van der Waals surface area contributed by atoms with Crippen molar-refractivity contribution in [3.05, 3.63) is 0 Å². The third-order valence-electron chi connectivity index (χ3n) is 1.96. The molecular formula is C5H9BO11P3-4. The molecule has 0 aromatic carbocycles. The summed E-state index contributed by atoms with van der Waals surface area (Å²) < 4.78 is 54.7. The summed E-state index contributed by atoms with van der Waals surface area (Å²) in [6.45, 7) is -0.600. The molecule has 15 heteroatoms. The number of phosphoric ester groups is 1. The van der Waals surface area contributed by atoms with Crippen molar-refractivity contribution in [1.29, 1.82) is 1.34 Å². The standard InChI is InChI=1S/C5H13BO11P3/c6-5-2-1-4(15-5)3-14-19(10,11)17-20(12,13)16-18(7,8)9/h4-6H,1-3H2,(H,10,11)(H,12,13)(H2,7,8,9)/p-4/i6D. The first-order valence-corrected chi connectivity index (χ1v) is 9.39. The molecule has 0 spiro atoms. The molecule has 1 fully saturated rings. The van der Waals surface area contributed by atoms with Crippen molar-refractivity contribution in [2.75, 3.05) is 6.61 Å². The quantitative estimate of drug-likeness (QED) is 0.326. The van der Waals surface area contributed by atoms with Crippen LogP contribution in [0.25, 0.3) is 0 Å². The van der Waals surface area contributed by atoms with E-state index in [2.05, 4.69) is 13.1 Å². The summed E-state index contributed by atoms with van der Waals surface area (Å²) >= 11 is 0. The first kappa shape index (κ1) is 16.8. The second-order valence-electron chi connectivity index (χ2n) is 3.67. The van der Waals surface area contributed by atoms with Crippen LogP contribution in [0.2, 0.25) is 0 Å². The Morgan fingerprint density at radius 3 is 2.30 bits per heavy atom. The fourth-order valence-electron chi connectivity index (χ4n) is 1.31. The van der Waals surface area contributed by atoms with Crippen LogP contribution in [0.3, 0.4) is 0 Å². The van der Waals surface area contributed by atoms with Crippen molar-refractivity contribution in [2.24, 2.45) is 0 Å². The Hall–Kier alpha value is 0.435. The van der Waals surface area contributed by atoms with Gasteiger partial charge in [-0.3, -0.25) is 13.4 Å². The maximum absolute atomic E-state index is 11.2. The van der Waals surface area contributed by atoms with E-state index in [1.165, 1.54) is 0 Å². The molecule has 1 aliphatic heterocycles. The van der Waals surface area contributed by atoms with Gasteiger partial charge in [-0.2, -0.15) is 0 Å². The maximum atomic E-state index is 11.2. The van der Waals surface area contributed by atoms with Crippen molar-refractivity contribution < 1.29 is 51.2 Å². The highest BCUT2D eigenvalue weighted by Crippen LogP contribution is 2.60. The molecule has 0 aliphatic carbocycles. The molecule has 0 aromatic heterocycles. The number of phosphoric acid groups is 3. The van der Waals surface area contributed by atoms with Crippen LogP contribution in [0.5, 0.6) is 0 Å². The average Bonchev–Trinajstić information content (AvgIpc) is 2.69. The fourth-order valence-corrected chi connectivity index (χ4v) is 4.20. The summed E-state index contributed by atoms with van der Waals surface area (Å²) in [5.41, 5.74) is 0. The van der Waals surface area contributed by atoms with Crippen molar-refractivity contribution in [3.8, 4) is 0 Å². The molecule has 117 valence electrons. The predicted molar refractivity (Wildman–Crippen MR) is 56.0 cm³/mol. The molecule has 1 rings (SSSR count). The molecule has 1 aliphatic rings. The van der Waals surface area contributed by atoms with Crippen LogP contribution in [0.15, 0.2) is 0 Å². The van der Waals surface area contributed by atoms with Crippen LogP contribution in [0, 0.1) is 0 Å². The molecule has 0 amide bonds. The first-order valence-electron chi connectivity index (χ1n) is 5.59. The van der Waals surface area contributed by atoms with Gasteiger partial charge in [0.05, 0.1) is 20.5 Å². The Morgan fingerprint density at radius 2 is 1.80 bits per heavy atom. The van der Waals surface area contributed by atoms with E-state index in [0.29, 0.717) is 12.8 Å². The molecule has 0 saturated carbocycles. The minimum atomic E-state index is -5.99. The highest BCUT2D eigenvalue weighted by atomic mass is 31.3. The Bertz CT molecular complexity index is 494. The topological polar surface area (TPSA) is 180 Å². The summed E-state index contributed by atoms with van der Waals surface area (Å²) in [4.78, 5) is 42.2. The van der Waals surface area contributed by atoms with Gasteiger partial charge in [-0.05, 0) is 14.2 Å². The second kappa shape index (κ2) is 6.68. The molecule has 11 nitrogen and oxygen atoms in total. The molecule has 1 heterocycles. The molecule has 4 unspecified atom stereocenters. The molecular weight excluding hydrogens is 340 g/mol. The third kappa shape index (κ3) is 7.45. The van der Waals surface area contributed by atoms with E-state index in [-0.39, 0.29) is 0 Å². The molecule has 0 bridgehead atoms. The largest absolute Gasteiger partial charge is 0.790 e. The summed E-state index contributed by atoms with van der Waals surface area (Å²) in [5, 5.41) is 0. The molecule has 0 N–H and O–H groups in total. The summed E-state index contributed by atoms with van der Waals surface area (Å²) in [5.74, 6) is 0. The predicted octanol–water partition coefficient (Wildman–Crippen LogP) is -2.79. The molecule has 20 heavy (non-hydrogen) atoms. The van der Waals surface area contributed by atoms with Crippen LogP contribution in [-0.4, -0.2) is 27.9 Å². The lowest BCUT2D eigenvalue weighted by atomic mass is 9.97. The van der Waals surface area contributed by atoms with E-state index >= 15 is 0 Å². The SMILES string of the molecule is [2H][B]C1CCC(COP(=O)([O-])OP(=O)([O-])OP(=O)([O-])[O-])O1. The number of hydrogen-bond acceptors (Lipinski definition) is 11. The van der Waals surface area contributed by atoms with E-state index in [9.17, 15) is 33.3 Å². The van der Waals surface area contributed by atoms with Crippen molar-refractivity contribution in [2.45, 2.75) is 24.9 Å². The van der Waals surface area contributed by atoms with E-state index in [0.717, 1.165) is 7.81 Å².